The maximum Gasteiger partial charge on any atom is 0.418 e. The number of carbonyl (C=O) groups excluding carboxylic acids is 1. The fraction of sp³-hybridized carbons (Fsp3) is 0.0870. The molecule has 0 bridgehead atoms. The molecule has 0 saturated carbocycles. The van der Waals surface area contributed by atoms with E-state index in [1.54, 1.807) is 42.5 Å². The molecule has 1 aliphatic heterocycles. The van der Waals surface area contributed by atoms with Crippen molar-refractivity contribution in [2.24, 2.45) is 0 Å². The lowest BCUT2D eigenvalue weighted by Crippen LogP contribution is -2.39. The summed E-state index contributed by atoms with van der Waals surface area (Å²) in [5, 5.41) is 2.38. The van der Waals surface area contributed by atoms with Crippen molar-refractivity contribution in [3.05, 3.63) is 107 Å². The van der Waals surface area contributed by atoms with Gasteiger partial charge in [0, 0.05) is 11.8 Å². The van der Waals surface area contributed by atoms with Gasteiger partial charge in [-0.1, -0.05) is 54.6 Å². The highest BCUT2D eigenvalue weighted by Gasteiger charge is 2.40. The van der Waals surface area contributed by atoms with E-state index in [0.29, 0.717) is 5.56 Å². The third-order valence-corrected chi connectivity index (χ3v) is 6.73. The van der Waals surface area contributed by atoms with E-state index < -0.39 is 32.5 Å². The Morgan fingerprint density at radius 2 is 1.50 bits per heavy atom. The Morgan fingerprint density at radius 3 is 2.22 bits per heavy atom. The van der Waals surface area contributed by atoms with Gasteiger partial charge in [0.15, 0.2) is 4.91 Å². The number of hydrogen-bond acceptors (Lipinski definition) is 4. The number of allylic oxidation sites excluding steroid dienone is 1. The molecule has 164 valence electrons. The summed E-state index contributed by atoms with van der Waals surface area (Å²) >= 11 is 0. The van der Waals surface area contributed by atoms with Gasteiger partial charge in [-0.25, -0.2) is 8.42 Å². The van der Waals surface area contributed by atoms with Crippen molar-refractivity contribution in [2.45, 2.75) is 12.7 Å². The summed E-state index contributed by atoms with van der Waals surface area (Å²) in [5.74, 6) is -0.790. The molecule has 0 radical (unpaired) electrons. The second-order valence-corrected chi connectivity index (χ2v) is 8.87. The lowest BCUT2D eigenvalue weighted by Gasteiger charge is -2.31. The zero-order valence-corrected chi connectivity index (χ0v) is 17.3. The summed E-state index contributed by atoms with van der Waals surface area (Å²) in [5.41, 5.74) is -0.275. The number of anilines is 2. The van der Waals surface area contributed by atoms with Crippen LogP contribution in [-0.4, -0.2) is 14.2 Å². The lowest BCUT2D eigenvalue weighted by molar-refractivity contribution is -0.136. The molecule has 3 aromatic rings. The van der Waals surface area contributed by atoms with Crippen LogP contribution in [0.25, 0.3) is 0 Å². The van der Waals surface area contributed by atoms with Crippen molar-refractivity contribution in [2.75, 3.05) is 9.62 Å². The van der Waals surface area contributed by atoms with E-state index in [0.717, 1.165) is 22.6 Å². The molecule has 5 nitrogen and oxygen atoms in total. The number of rotatable bonds is 4. The monoisotopic (exact) mass is 458 g/mol. The molecule has 1 heterocycles. The first-order valence-electron chi connectivity index (χ1n) is 9.53. The standard InChI is InChI=1S/C23H17F3N2O3S/c24-23(25,26)18-11-5-6-12-19(18)27-14-21-22(29)17-10-4-7-13-20(17)28(32(21,30)31)15-16-8-2-1-3-9-16/h1-14,27H,15H2. The van der Waals surface area contributed by atoms with Crippen molar-refractivity contribution >= 4 is 27.2 Å². The van der Waals surface area contributed by atoms with Crippen LogP contribution < -0.4 is 9.62 Å². The Morgan fingerprint density at radius 1 is 0.875 bits per heavy atom. The van der Waals surface area contributed by atoms with Crippen LogP contribution >= 0.6 is 0 Å². The van der Waals surface area contributed by atoms with Crippen LogP contribution in [-0.2, 0) is 22.7 Å². The number of ketones is 1. The van der Waals surface area contributed by atoms with Crippen molar-refractivity contribution in [1.29, 1.82) is 0 Å². The highest BCUT2D eigenvalue weighted by atomic mass is 32.2. The number of sulfonamides is 1. The molecule has 1 aliphatic rings. The first-order valence-corrected chi connectivity index (χ1v) is 11.0. The molecule has 0 atom stereocenters. The number of benzene rings is 3. The number of nitrogens with zero attached hydrogens (tertiary/aromatic N) is 1. The van der Waals surface area contributed by atoms with Crippen LogP contribution in [0.3, 0.4) is 0 Å². The van der Waals surface area contributed by atoms with Gasteiger partial charge in [-0.15, -0.1) is 0 Å². The van der Waals surface area contributed by atoms with E-state index in [-0.39, 0.29) is 23.5 Å². The van der Waals surface area contributed by atoms with Gasteiger partial charge in [0.1, 0.15) is 0 Å². The molecule has 32 heavy (non-hydrogen) atoms. The molecule has 0 unspecified atom stereocenters. The van der Waals surface area contributed by atoms with Gasteiger partial charge in [-0.2, -0.15) is 13.2 Å². The first kappa shape index (κ1) is 21.6. The lowest BCUT2D eigenvalue weighted by atomic mass is 10.1. The number of carbonyl (C=O) groups is 1. The van der Waals surface area contributed by atoms with E-state index in [2.05, 4.69) is 5.32 Å². The number of nitrogens with one attached hydrogen (secondary N) is 1. The Labute approximate surface area is 182 Å². The molecular weight excluding hydrogens is 441 g/mol. The van der Waals surface area contributed by atoms with E-state index in [1.165, 1.54) is 24.3 Å². The third-order valence-electron chi connectivity index (χ3n) is 4.97. The molecule has 0 aromatic heterocycles. The van der Waals surface area contributed by atoms with Crippen LogP contribution in [0, 0.1) is 0 Å². The minimum Gasteiger partial charge on any atom is -0.360 e. The SMILES string of the molecule is O=C1C(=CNc2ccccc2C(F)(F)F)S(=O)(=O)N(Cc2ccccc2)c2ccccc21. The van der Waals surface area contributed by atoms with Crippen LogP contribution in [0.15, 0.2) is 90.0 Å². The zero-order chi connectivity index (χ0) is 22.9. The van der Waals surface area contributed by atoms with Gasteiger partial charge in [-0.3, -0.25) is 9.10 Å². The van der Waals surface area contributed by atoms with Gasteiger partial charge in [-0.05, 0) is 29.8 Å². The predicted octanol–water partition coefficient (Wildman–Crippen LogP) is 5.19. The fourth-order valence-corrected chi connectivity index (χ4v) is 4.97. The summed E-state index contributed by atoms with van der Waals surface area (Å²) in [7, 11) is -4.34. The van der Waals surface area contributed by atoms with E-state index in [1.807, 2.05) is 0 Å². The summed E-state index contributed by atoms with van der Waals surface area (Å²) in [6, 6.07) is 19.7. The van der Waals surface area contributed by atoms with E-state index in [4.69, 9.17) is 0 Å². The predicted molar refractivity (Wildman–Crippen MR) is 115 cm³/mol. The molecule has 1 N–H and O–H groups in total. The Balaban J connectivity index is 1.79. The second kappa shape index (κ2) is 8.16. The minimum absolute atomic E-state index is 0.0378. The van der Waals surface area contributed by atoms with Crippen molar-refractivity contribution in [3.8, 4) is 0 Å². The minimum atomic E-state index is -4.65. The van der Waals surface area contributed by atoms with Gasteiger partial charge in [0.2, 0.25) is 5.78 Å². The molecular formula is C23H17F3N2O3S. The van der Waals surface area contributed by atoms with Gasteiger partial charge in [0.25, 0.3) is 10.0 Å². The molecule has 3 aromatic carbocycles. The zero-order valence-electron chi connectivity index (χ0n) is 16.5. The average Bonchev–Trinajstić information content (AvgIpc) is 2.77. The highest BCUT2D eigenvalue weighted by Crippen LogP contribution is 2.37. The fourth-order valence-electron chi connectivity index (χ4n) is 3.44. The summed E-state index contributed by atoms with van der Waals surface area (Å²) in [6.45, 7) is -0.0378. The summed E-state index contributed by atoms with van der Waals surface area (Å²) in [6.07, 6.45) is -3.82. The normalized spacial score (nSPS) is 16.7. The number of Topliss-reactive ketones (excluding diaryl/α,β-unsaturated/α-hetero) is 1. The quantitative estimate of drug-likeness (QED) is 0.547. The van der Waals surface area contributed by atoms with Crippen LogP contribution in [0.2, 0.25) is 0 Å². The molecule has 0 saturated heterocycles. The Bertz CT molecular complexity index is 1300. The Kier molecular flexibility index (Phi) is 5.52. The number of halogens is 3. The molecule has 9 heteroatoms. The number of alkyl halides is 3. The number of para-hydroxylation sites is 2. The van der Waals surface area contributed by atoms with Crippen molar-refractivity contribution in [3.63, 3.8) is 0 Å². The largest absolute Gasteiger partial charge is 0.418 e. The number of fused-ring (bicyclic) bond motifs is 1. The van der Waals surface area contributed by atoms with E-state index in [9.17, 15) is 26.4 Å². The molecule has 0 amide bonds. The molecule has 0 fully saturated rings. The number of hydrogen-bond donors (Lipinski definition) is 1. The van der Waals surface area contributed by atoms with Gasteiger partial charge >= 0.3 is 6.18 Å². The molecule has 0 spiro atoms. The summed E-state index contributed by atoms with van der Waals surface area (Å²) in [4.78, 5) is 12.4. The second-order valence-electron chi connectivity index (χ2n) is 7.04. The smallest absolute Gasteiger partial charge is 0.360 e. The highest BCUT2D eigenvalue weighted by molar-refractivity contribution is 7.97. The maximum absolute atomic E-state index is 13.4. The molecule has 4 rings (SSSR count). The Hall–Kier alpha value is -3.59. The van der Waals surface area contributed by atoms with E-state index >= 15 is 0 Å². The third kappa shape index (κ3) is 3.99. The maximum atomic E-state index is 13.4. The van der Waals surface area contributed by atoms with Crippen LogP contribution in [0.1, 0.15) is 21.5 Å². The van der Waals surface area contributed by atoms with Gasteiger partial charge in [0.05, 0.1) is 23.5 Å². The average molecular weight is 458 g/mol. The van der Waals surface area contributed by atoms with Crippen molar-refractivity contribution < 1.29 is 26.4 Å². The van der Waals surface area contributed by atoms with Crippen LogP contribution in [0.5, 0.6) is 0 Å². The molecule has 0 aliphatic carbocycles. The summed E-state index contributed by atoms with van der Waals surface area (Å²) < 4.78 is 67.7. The topological polar surface area (TPSA) is 66.5 Å². The van der Waals surface area contributed by atoms with Crippen LogP contribution in [0.4, 0.5) is 24.5 Å². The first-order chi connectivity index (χ1) is 15.2. The van der Waals surface area contributed by atoms with Crippen molar-refractivity contribution in [1.82, 2.24) is 0 Å². The van der Waals surface area contributed by atoms with Gasteiger partial charge < -0.3 is 5.32 Å².